The average molecular weight is 500 g/mol. The molecule has 0 saturated carbocycles. The van der Waals surface area contributed by atoms with Crippen LogP contribution in [0.3, 0.4) is 0 Å². The lowest BCUT2D eigenvalue weighted by molar-refractivity contribution is -0.126. The molecule has 0 radical (unpaired) electrons. The minimum Gasteiger partial charge on any atom is -0.484 e. The molecule has 1 heterocycles. The molecule has 0 aromatic heterocycles. The maximum Gasteiger partial charge on any atom is 0.262 e. The van der Waals surface area contributed by atoms with E-state index in [-0.39, 0.29) is 30.7 Å². The van der Waals surface area contributed by atoms with Crippen LogP contribution in [0.1, 0.15) is 35.6 Å². The minimum absolute atomic E-state index is 0.0888. The Kier molecular flexibility index (Phi) is 8.23. The molecule has 7 nitrogen and oxygen atoms in total. The first-order chi connectivity index (χ1) is 17.9. The van der Waals surface area contributed by atoms with Gasteiger partial charge in [0.15, 0.2) is 6.61 Å². The first-order valence-electron chi connectivity index (χ1n) is 12.6. The van der Waals surface area contributed by atoms with Gasteiger partial charge in [-0.25, -0.2) is 0 Å². The molecule has 1 saturated heterocycles. The number of carbonyl (C=O) groups excluding carboxylic acids is 3. The van der Waals surface area contributed by atoms with E-state index in [0.29, 0.717) is 24.5 Å². The normalized spacial score (nSPS) is 14.9. The Bertz CT molecular complexity index is 1290. The number of amides is 3. The molecular weight excluding hydrogens is 466 g/mol. The molecule has 7 heteroatoms. The first kappa shape index (κ1) is 25.9. The van der Waals surface area contributed by atoms with Gasteiger partial charge in [0.05, 0.1) is 5.92 Å². The molecule has 0 bridgehead atoms. The molecule has 1 aliphatic heterocycles. The number of ether oxygens (including phenoxy) is 1. The number of carbonyl (C=O) groups is 3. The van der Waals surface area contributed by atoms with E-state index in [2.05, 4.69) is 10.6 Å². The fourth-order valence-electron chi connectivity index (χ4n) is 4.52. The molecule has 192 valence electrons. The highest BCUT2D eigenvalue weighted by molar-refractivity contribution is 6.00. The van der Waals surface area contributed by atoms with Gasteiger partial charge in [0.2, 0.25) is 11.8 Å². The molecule has 37 heavy (non-hydrogen) atoms. The van der Waals surface area contributed by atoms with Crippen LogP contribution < -0.4 is 20.3 Å². The molecular formula is C30H33N3O4. The summed E-state index contributed by atoms with van der Waals surface area (Å²) in [5.74, 6) is -0.314. The second kappa shape index (κ2) is 11.7. The van der Waals surface area contributed by atoms with Crippen LogP contribution in [-0.4, -0.2) is 30.9 Å². The Morgan fingerprint density at radius 3 is 2.38 bits per heavy atom. The van der Waals surface area contributed by atoms with E-state index >= 15 is 0 Å². The summed E-state index contributed by atoms with van der Waals surface area (Å²) in [5.41, 5.74) is 5.80. The molecule has 0 aliphatic carbocycles. The first-order valence-corrected chi connectivity index (χ1v) is 12.6. The Labute approximate surface area is 217 Å². The number of rotatable bonds is 9. The SMILES string of the molecule is CCc1cccc(C)c1NC(=O)COc1ccc(N2C[C@@H](C(=O)NCc3ccccc3C)CC2=O)cc1. The number of hydrogen-bond donors (Lipinski definition) is 2. The van der Waals surface area contributed by atoms with E-state index in [4.69, 9.17) is 4.74 Å². The number of para-hydroxylation sites is 1. The van der Waals surface area contributed by atoms with Crippen molar-refractivity contribution in [1.82, 2.24) is 5.32 Å². The maximum absolute atomic E-state index is 12.7. The highest BCUT2D eigenvalue weighted by atomic mass is 16.5. The third kappa shape index (κ3) is 6.36. The lowest BCUT2D eigenvalue weighted by atomic mass is 10.1. The van der Waals surface area contributed by atoms with E-state index in [9.17, 15) is 14.4 Å². The number of benzene rings is 3. The fourth-order valence-corrected chi connectivity index (χ4v) is 4.52. The van der Waals surface area contributed by atoms with E-state index in [1.807, 2.05) is 63.2 Å². The van der Waals surface area contributed by atoms with E-state index < -0.39 is 5.92 Å². The summed E-state index contributed by atoms with van der Waals surface area (Å²) in [4.78, 5) is 39.4. The molecule has 1 fully saturated rings. The van der Waals surface area contributed by atoms with Crippen LogP contribution in [0.4, 0.5) is 11.4 Å². The highest BCUT2D eigenvalue weighted by Crippen LogP contribution is 2.27. The quantitative estimate of drug-likeness (QED) is 0.452. The van der Waals surface area contributed by atoms with E-state index in [1.165, 1.54) is 0 Å². The molecule has 1 atom stereocenters. The number of anilines is 2. The predicted octanol–water partition coefficient (Wildman–Crippen LogP) is 4.55. The molecule has 3 amide bonds. The van der Waals surface area contributed by atoms with Crippen molar-refractivity contribution in [1.29, 1.82) is 0 Å². The average Bonchev–Trinajstić information content (AvgIpc) is 3.30. The van der Waals surface area contributed by atoms with Crippen LogP contribution in [0.25, 0.3) is 0 Å². The molecule has 4 rings (SSSR count). The van der Waals surface area contributed by atoms with Crippen LogP contribution >= 0.6 is 0 Å². The zero-order chi connectivity index (χ0) is 26.4. The van der Waals surface area contributed by atoms with Gasteiger partial charge in [-0.1, -0.05) is 49.4 Å². The maximum atomic E-state index is 12.7. The van der Waals surface area contributed by atoms with Gasteiger partial charge < -0.3 is 20.3 Å². The molecule has 2 N–H and O–H groups in total. The minimum atomic E-state index is -0.398. The van der Waals surface area contributed by atoms with Crippen molar-refractivity contribution < 1.29 is 19.1 Å². The van der Waals surface area contributed by atoms with Gasteiger partial charge in [-0.15, -0.1) is 0 Å². The number of nitrogens with zero attached hydrogens (tertiary/aromatic N) is 1. The Hall–Kier alpha value is -4.13. The predicted molar refractivity (Wildman–Crippen MR) is 145 cm³/mol. The van der Waals surface area contributed by atoms with E-state index in [1.54, 1.807) is 29.2 Å². The second-order valence-corrected chi connectivity index (χ2v) is 9.34. The van der Waals surface area contributed by atoms with Crippen LogP contribution in [-0.2, 0) is 27.3 Å². The third-order valence-corrected chi connectivity index (χ3v) is 6.73. The summed E-state index contributed by atoms with van der Waals surface area (Å²) >= 11 is 0. The summed E-state index contributed by atoms with van der Waals surface area (Å²) in [6, 6.07) is 20.9. The summed E-state index contributed by atoms with van der Waals surface area (Å²) in [6.45, 7) is 6.67. The molecule has 1 aliphatic rings. The van der Waals surface area contributed by atoms with Gasteiger partial charge in [0, 0.05) is 30.9 Å². The van der Waals surface area contributed by atoms with Crippen LogP contribution in [0.15, 0.2) is 66.7 Å². The zero-order valence-corrected chi connectivity index (χ0v) is 21.5. The van der Waals surface area contributed by atoms with Crippen molar-refractivity contribution in [3.8, 4) is 5.75 Å². The number of hydrogen-bond acceptors (Lipinski definition) is 4. The van der Waals surface area contributed by atoms with Crippen molar-refractivity contribution in [2.24, 2.45) is 5.92 Å². The van der Waals surface area contributed by atoms with Crippen LogP contribution in [0.5, 0.6) is 5.75 Å². The van der Waals surface area contributed by atoms with Crippen molar-refractivity contribution >= 4 is 29.1 Å². The van der Waals surface area contributed by atoms with Crippen molar-refractivity contribution in [3.63, 3.8) is 0 Å². The topological polar surface area (TPSA) is 87.7 Å². The largest absolute Gasteiger partial charge is 0.484 e. The number of nitrogens with one attached hydrogen (secondary N) is 2. The molecule has 3 aromatic carbocycles. The van der Waals surface area contributed by atoms with Crippen LogP contribution in [0, 0.1) is 19.8 Å². The van der Waals surface area contributed by atoms with Crippen molar-refractivity contribution in [3.05, 3.63) is 89.0 Å². The lowest BCUT2D eigenvalue weighted by Crippen LogP contribution is -2.32. The van der Waals surface area contributed by atoms with Gasteiger partial charge in [0.25, 0.3) is 5.91 Å². The summed E-state index contributed by atoms with van der Waals surface area (Å²) in [5, 5.41) is 5.91. The standard InChI is InChI=1S/C30H33N3O4/c1-4-22-11-7-9-21(3)29(22)32-27(34)19-37-26-14-12-25(13-15-26)33-18-24(16-28(33)35)30(36)31-17-23-10-6-5-8-20(23)2/h5-15,24H,4,16-19H2,1-3H3,(H,31,36)(H,32,34)/t24-/m0/s1. The van der Waals surface area contributed by atoms with Crippen molar-refractivity contribution in [2.45, 2.75) is 40.2 Å². The fraction of sp³-hybridized carbons (Fsp3) is 0.300. The monoisotopic (exact) mass is 499 g/mol. The van der Waals surface area contributed by atoms with Crippen LogP contribution in [0.2, 0.25) is 0 Å². The van der Waals surface area contributed by atoms with E-state index in [0.717, 1.165) is 34.4 Å². The van der Waals surface area contributed by atoms with Gasteiger partial charge in [-0.2, -0.15) is 0 Å². The summed E-state index contributed by atoms with van der Waals surface area (Å²) in [6.07, 6.45) is 1.00. The summed E-state index contributed by atoms with van der Waals surface area (Å²) in [7, 11) is 0. The van der Waals surface area contributed by atoms with Gasteiger partial charge in [0.1, 0.15) is 5.75 Å². The Morgan fingerprint density at radius 2 is 1.65 bits per heavy atom. The summed E-state index contributed by atoms with van der Waals surface area (Å²) < 4.78 is 5.66. The number of aryl methyl sites for hydroxylation is 3. The van der Waals surface area contributed by atoms with Gasteiger partial charge in [-0.05, 0) is 66.8 Å². The smallest absolute Gasteiger partial charge is 0.262 e. The van der Waals surface area contributed by atoms with Gasteiger partial charge in [-0.3, -0.25) is 14.4 Å². The Morgan fingerprint density at radius 1 is 0.946 bits per heavy atom. The second-order valence-electron chi connectivity index (χ2n) is 9.34. The Balaban J connectivity index is 1.29. The molecule has 0 spiro atoms. The molecule has 3 aromatic rings. The zero-order valence-electron chi connectivity index (χ0n) is 21.5. The van der Waals surface area contributed by atoms with Crippen molar-refractivity contribution in [2.75, 3.05) is 23.4 Å². The van der Waals surface area contributed by atoms with Gasteiger partial charge >= 0.3 is 0 Å². The highest BCUT2D eigenvalue weighted by Gasteiger charge is 2.35. The molecule has 0 unspecified atom stereocenters. The third-order valence-electron chi connectivity index (χ3n) is 6.73. The lowest BCUT2D eigenvalue weighted by Gasteiger charge is -2.17.